The molecule has 0 radical (unpaired) electrons. The quantitative estimate of drug-likeness (QED) is 0.631. The van der Waals surface area contributed by atoms with Crippen molar-refractivity contribution < 1.29 is 9.59 Å². The van der Waals surface area contributed by atoms with Crippen LogP contribution in [0.5, 0.6) is 0 Å². The number of hydrogen-bond acceptors (Lipinski definition) is 3. The third-order valence-corrected chi connectivity index (χ3v) is 7.80. The summed E-state index contributed by atoms with van der Waals surface area (Å²) in [6, 6.07) is 14.7. The lowest BCUT2D eigenvalue weighted by Crippen LogP contribution is -2.45. The Morgan fingerprint density at radius 1 is 0.939 bits per heavy atom. The molecule has 2 fully saturated rings. The lowest BCUT2D eigenvalue weighted by molar-refractivity contribution is -0.116. The number of carbonyl (C=O) groups excluding carboxylic acids is 2. The molecular weight excluding hydrogens is 410 g/mol. The summed E-state index contributed by atoms with van der Waals surface area (Å²) in [4.78, 5) is 32.3. The lowest BCUT2D eigenvalue weighted by atomic mass is 9.84. The van der Waals surface area contributed by atoms with E-state index in [2.05, 4.69) is 41.0 Å². The number of amides is 2. The molecule has 5 nitrogen and oxygen atoms in total. The van der Waals surface area contributed by atoms with Crippen molar-refractivity contribution >= 4 is 28.9 Å². The van der Waals surface area contributed by atoms with Gasteiger partial charge in [-0.2, -0.15) is 0 Å². The predicted molar refractivity (Wildman–Crippen MR) is 134 cm³/mol. The van der Waals surface area contributed by atoms with Gasteiger partial charge in [-0.3, -0.25) is 9.59 Å². The van der Waals surface area contributed by atoms with Gasteiger partial charge < -0.3 is 14.7 Å². The van der Waals surface area contributed by atoms with E-state index in [4.69, 9.17) is 0 Å². The maximum absolute atomic E-state index is 14.1. The monoisotopic (exact) mass is 445 g/mol. The van der Waals surface area contributed by atoms with Gasteiger partial charge in [-0.1, -0.05) is 25.8 Å². The van der Waals surface area contributed by atoms with Crippen molar-refractivity contribution in [3.05, 3.63) is 53.6 Å². The molecule has 2 heterocycles. The highest BCUT2D eigenvalue weighted by molar-refractivity contribution is 6.07. The Kier molecular flexibility index (Phi) is 6.13. The first-order valence-corrected chi connectivity index (χ1v) is 12.6. The second-order valence-electron chi connectivity index (χ2n) is 9.98. The van der Waals surface area contributed by atoms with Crippen molar-refractivity contribution in [1.29, 1.82) is 0 Å². The summed E-state index contributed by atoms with van der Waals surface area (Å²) in [5.41, 5.74) is 5.00. The molecule has 0 bridgehead atoms. The molecule has 1 aliphatic carbocycles. The van der Waals surface area contributed by atoms with E-state index in [1.807, 2.05) is 23.1 Å². The van der Waals surface area contributed by atoms with Gasteiger partial charge in [-0.25, -0.2) is 0 Å². The van der Waals surface area contributed by atoms with Crippen LogP contribution in [-0.4, -0.2) is 37.5 Å². The molecule has 1 saturated heterocycles. The number of rotatable bonds is 4. The van der Waals surface area contributed by atoms with Crippen molar-refractivity contribution in [2.45, 2.75) is 64.8 Å². The summed E-state index contributed by atoms with van der Waals surface area (Å²) in [6.45, 7) is 6.78. The number of carbonyl (C=O) groups is 2. The predicted octanol–water partition coefficient (Wildman–Crippen LogP) is 5.42. The van der Waals surface area contributed by atoms with Crippen LogP contribution in [0.2, 0.25) is 0 Å². The van der Waals surface area contributed by atoms with Crippen LogP contribution in [0, 0.1) is 5.92 Å². The smallest absolute Gasteiger partial charge is 0.258 e. The van der Waals surface area contributed by atoms with Gasteiger partial charge in [0, 0.05) is 55.2 Å². The minimum atomic E-state index is 0.0595. The highest BCUT2D eigenvalue weighted by Crippen LogP contribution is 2.36. The second-order valence-corrected chi connectivity index (χ2v) is 9.98. The molecule has 33 heavy (non-hydrogen) atoms. The Morgan fingerprint density at radius 2 is 1.73 bits per heavy atom. The lowest BCUT2D eigenvalue weighted by Gasteiger charge is -2.39. The number of fused-ring (bicyclic) bond motifs is 1. The minimum Gasteiger partial charge on any atom is -0.371 e. The van der Waals surface area contributed by atoms with E-state index < -0.39 is 0 Å². The molecule has 0 N–H and O–H groups in total. The van der Waals surface area contributed by atoms with Gasteiger partial charge >= 0.3 is 0 Å². The van der Waals surface area contributed by atoms with E-state index in [0.29, 0.717) is 12.5 Å². The zero-order chi connectivity index (χ0) is 22.9. The standard InChI is InChI=1S/C28H35N3O2/c1-20-8-3-4-11-26(20)31(25-10-7-9-24(19-25)29-15-5-6-16-29)28(33)23-12-13-27-22(18-23)14-17-30(27)21(2)32/h7,9-10,12-13,18-20,26H,3-6,8,11,14-17H2,1-2H3. The summed E-state index contributed by atoms with van der Waals surface area (Å²) in [6.07, 6.45) is 7.90. The first-order valence-electron chi connectivity index (χ1n) is 12.6. The van der Waals surface area contributed by atoms with Crippen LogP contribution >= 0.6 is 0 Å². The molecule has 0 aromatic heterocycles. The SMILES string of the molecule is CC(=O)N1CCc2cc(C(=O)N(c3cccc(N4CCCC4)c3)C3CCCCC3C)ccc21. The average molecular weight is 446 g/mol. The Hall–Kier alpha value is -2.82. The first-order chi connectivity index (χ1) is 16.0. The Morgan fingerprint density at radius 3 is 2.48 bits per heavy atom. The number of hydrogen-bond donors (Lipinski definition) is 0. The van der Waals surface area contributed by atoms with Crippen molar-refractivity contribution in [2.24, 2.45) is 5.92 Å². The number of nitrogens with zero attached hydrogens (tertiary/aromatic N) is 3. The van der Waals surface area contributed by atoms with Gasteiger partial charge in [0.05, 0.1) is 0 Å². The average Bonchev–Trinajstić information content (AvgIpc) is 3.50. The van der Waals surface area contributed by atoms with Crippen LogP contribution < -0.4 is 14.7 Å². The minimum absolute atomic E-state index is 0.0595. The van der Waals surface area contributed by atoms with Crippen LogP contribution in [0.4, 0.5) is 17.1 Å². The van der Waals surface area contributed by atoms with E-state index in [0.717, 1.165) is 54.9 Å². The molecule has 2 atom stereocenters. The molecule has 5 heteroatoms. The van der Waals surface area contributed by atoms with Gasteiger partial charge in [-0.05, 0) is 80.0 Å². The Balaban J connectivity index is 1.51. The summed E-state index contributed by atoms with van der Waals surface area (Å²) in [7, 11) is 0. The molecule has 1 saturated carbocycles. The number of anilines is 3. The fourth-order valence-electron chi connectivity index (χ4n) is 5.96. The van der Waals surface area contributed by atoms with E-state index in [1.165, 1.54) is 31.4 Å². The van der Waals surface area contributed by atoms with Gasteiger partial charge in [0.2, 0.25) is 5.91 Å². The molecule has 2 aromatic rings. The number of benzene rings is 2. The van der Waals surface area contributed by atoms with E-state index in [-0.39, 0.29) is 17.9 Å². The molecule has 2 aliphatic heterocycles. The molecular formula is C28H35N3O2. The van der Waals surface area contributed by atoms with E-state index in [9.17, 15) is 9.59 Å². The zero-order valence-corrected chi connectivity index (χ0v) is 19.9. The van der Waals surface area contributed by atoms with Crippen molar-refractivity contribution in [1.82, 2.24) is 0 Å². The zero-order valence-electron chi connectivity index (χ0n) is 19.9. The van der Waals surface area contributed by atoms with Crippen molar-refractivity contribution in [2.75, 3.05) is 34.3 Å². The maximum Gasteiger partial charge on any atom is 0.258 e. The fraction of sp³-hybridized carbons (Fsp3) is 0.500. The molecule has 2 unspecified atom stereocenters. The van der Waals surface area contributed by atoms with Gasteiger partial charge in [-0.15, -0.1) is 0 Å². The summed E-state index contributed by atoms with van der Waals surface area (Å²) in [5.74, 6) is 0.612. The van der Waals surface area contributed by atoms with Crippen LogP contribution in [0.15, 0.2) is 42.5 Å². The normalized spacial score (nSPS) is 22.4. The molecule has 2 amide bonds. The maximum atomic E-state index is 14.1. The summed E-state index contributed by atoms with van der Waals surface area (Å²) in [5, 5.41) is 0. The van der Waals surface area contributed by atoms with Gasteiger partial charge in [0.15, 0.2) is 0 Å². The highest BCUT2D eigenvalue weighted by Gasteiger charge is 2.33. The van der Waals surface area contributed by atoms with Gasteiger partial charge in [0.25, 0.3) is 5.91 Å². The van der Waals surface area contributed by atoms with Crippen LogP contribution in [0.3, 0.4) is 0 Å². The fourth-order valence-corrected chi connectivity index (χ4v) is 5.96. The molecule has 5 rings (SSSR count). The highest BCUT2D eigenvalue weighted by atomic mass is 16.2. The molecule has 174 valence electrons. The summed E-state index contributed by atoms with van der Waals surface area (Å²) >= 11 is 0. The second kappa shape index (κ2) is 9.20. The molecule has 3 aliphatic rings. The van der Waals surface area contributed by atoms with Crippen molar-refractivity contribution in [3.8, 4) is 0 Å². The Labute approximate surface area is 197 Å². The van der Waals surface area contributed by atoms with E-state index in [1.54, 1.807) is 6.92 Å². The largest absolute Gasteiger partial charge is 0.371 e. The van der Waals surface area contributed by atoms with Crippen LogP contribution in [-0.2, 0) is 11.2 Å². The van der Waals surface area contributed by atoms with E-state index >= 15 is 0 Å². The summed E-state index contributed by atoms with van der Waals surface area (Å²) < 4.78 is 0. The third-order valence-electron chi connectivity index (χ3n) is 7.80. The van der Waals surface area contributed by atoms with Gasteiger partial charge in [0.1, 0.15) is 0 Å². The van der Waals surface area contributed by atoms with Crippen molar-refractivity contribution in [3.63, 3.8) is 0 Å². The Bertz CT molecular complexity index is 1040. The third kappa shape index (κ3) is 4.25. The molecule has 0 spiro atoms. The topological polar surface area (TPSA) is 43.9 Å². The van der Waals surface area contributed by atoms with Crippen LogP contribution in [0.1, 0.15) is 68.3 Å². The van der Waals surface area contributed by atoms with Crippen LogP contribution in [0.25, 0.3) is 0 Å². The molecule has 2 aromatic carbocycles. The first kappa shape index (κ1) is 22.0.